The van der Waals surface area contributed by atoms with E-state index in [-0.39, 0.29) is 33.6 Å². The summed E-state index contributed by atoms with van der Waals surface area (Å²) in [6.45, 7) is 2.80. The molecular formula is C29H25F4N5O4. The number of pyridine rings is 1. The Hall–Kier alpha value is -5.04. The molecule has 9 nitrogen and oxygen atoms in total. The first-order valence-corrected chi connectivity index (χ1v) is 12.5. The van der Waals surface area contributed by atoms with Gasteiger partial charge in [0.05, 0.1) is 5.69 Å². The van der Waals surface area contributed by atoms with Gasteiger partial charge in [0, 0.05) is 22.7 Å². The lowest BCUT2D eigenvalue weighted by Gasteiger charge is -2.22. The molecule has 0 unspecified atom stereocenters. The first kappa shape index (κ1) is 29.9. The molecule has 3 amide bonds. The van der Waals surface area contributed by atoms with Crippen LogP contribution >= 0.6 is 0 Å². The number of aromatic nitrogens is 1. The summed E-state index contributed by atoms with van der Waals surface area (Å²) in [5.41, 5.74) is 10.3. The number of nitrogens with one attached hydrogen (secondary N) is 1. The van der Waals surface area contributed by atoms with Crippen LogP contribution in [0.15, 0.2) is 60.7 Å². The molecule has 0 radical (unpaired) electrons. The number of rotatable bonds is 8. The fourth-order valence-corrected chi connectivity index (χ4v) is 4.07. The van der Waals surface area contributed by atoms with Crippen molar-refractivity contribution in [2.24, 2.45) is 17.4 Å². The van der Waals surface area contributed by atoms with Crippen molar-refractivity contribution in [3.8, 4) is 11.3 Å². The zero-order valence-electron chi connectivity index (χ0n) is 22.3. The van der Waals surface area contributed by atoms with Crippen LogP contribution in [0, 0.1) is 29.2 Å². The minimum Gasteiger partial charge on any atom is -0.454 e. The number of nitrogens with two attached hydrogens (primary N) is 2. The number of nitrogens with zero attached hydrogens (tertiary/aromatic N) is 2. The van der Waals surface area contributed by atoms with Crippen molar-refractivity contribution in [2.75, 3.05) is 16.8 Å². The van der Waals surface area contributed by atoms with Crippen molar-refractivity contribution < 1.29 is 36.7 Å². The lowest BCUT2D eigenvalue weighted by molar-refractivity contribution is -0.149. The second-order valence-corrected chi connectivity index (χ2v) is 9.56. The molecule has 13 heteroatoms. The third-order valence-electron chi connectivity index (χ3n) is 6.23. The molecule has 0 aliphatic heterocycles. The average molecular weight is 584 g/mol. The highest BCUT2D eigenvalue weighted by Gasteiger charge is 2.26. The van der Waals surface area contributed by atoms with Gasteiger partial charge in [-0.2, -0.15) is 0 Å². The summed E-state index contributed by atoms with van der Waals surface area (Å²) in [7, 11) is 0. The molecule has 1 atom stereocenters. The number of hydrogen-bond donors (Lipinski definition) is 3. The lowest BCUT2D eigenvalue weighted by Crippen LogP contribution is -2.38. The number of hydrogen-bond acceptors (Lipinski definition) is 6. The summed E-state index contributed by atoms with van der Waals surface area (Å²) in [5.74, 6) is -6.17. The molecule has 4 rings (SSSR count). The van der Waals surface area contributed by atoms with Crippen molar-refractivity contribution >= 4 is 45.9 Å². The minimum absolute atomic E-state index is 0.113. The third kappa shape index (κ3) is 6.31. The van der Waals surface area contributed by atoms with Gasteiger partial charge in [0.25, 0.3) is 5.91 Å². The van der Waals surface area contributed by atoms with Crippen molar-refractivity contribution in [3.63, 3.8) is 0 Å². The highest BCUT2D eigenvalue weighted by atomic mass is 19.1. The Morgan fingerprint density at radius 1 is 0.952 bits per heavy atom. The summed E-state index contributed by atoms with van der Waals surface area (Å²) in [6, 6.07) is 8.95. The van der Waals surface area contributed by atoms with E-state index >= 15 is 0 Å². The molecule has 1 heterocycles. The van der Waals surface area contributed by atoms with Crippen LogP contribution in [0.5, 0.6) is 0 Å². The van der Waals surface area contributed by atoms with Crippen LogP contribution in [0.1, 0.15) is 13.8 Å². The summed E-state index contributed by atoms with van der Waals surface area (Å²) in [5, 5.41) is 3.02. The first-order chi connectivity index (χ1) is 19.9. The van der Waals surface area contributed by atoms with Crippen LogP contribution < -0.4 is 21.7 Å². The maximum atomic E-state index is 14.9. The van der Waals surface area contributed by atoms with Crippen molar-refractivity contribution in [2.45, 2.75) is 19.9 Å². The summed E-state index contributed by atoms with van der Waals surface area (Å²) >= 11 is 0. The van der Waals surface area contributed by atoms with Gasteiger partial charge < -0.3 is 21.5 Å². The Morgan fingerprint density at radius 3 is 2.26 bits per heavy atom. The Morgan fingerprint density at radius 2 is 1.64 bits per heavy atom. The normalized spacial score (nSPS) is 11.8. The van der Waals surface area contributed by atoms with Crippen LogP contribution in [-0.2, 0) is 14.3 Å². The van der Waals surface area contributed by atoms with Gasteiger partial charge in [0.15, 0.2) is 6.61 Å². The maximum absolute atomic E-state index is 14.9. The number of carbonyl (C=O) groups excluding carboxylic acids is 3. The number of carbonyl (C=O) groups is 3. The zero-order chi connectivity index (χ0) is 30.7. The van der Waals surface area contributed by atoms with Crippen LogP contribution in [0.2, 0.25) is 0 Å². The first-order valence-electron chi connectivity index (χ1n) is 12.5. The van der Waals surface area contributed by atoms with Crippen LogP contribution in [-0.4, -0.2) is 35.5 Å². The topological polar surface area (TPSA) is 141 Å². The number of benzene rings is 3. The molecule has 5 N–H and O–H groups in total. The molecule has 0 saturated carbocycles. The molecule has 42 heavy (non-hydrogen) atoms. The van der Waals surface area contributed by atoms with E-state index in [0.29, 0.717) is 11.0 Å². The zero-order valence-corrected chi connectivity index (χ0v) is 22.3. The Labute approximate surface area is 237 Å². The Balaban J connectivity index is 1.81. The minimum atomic E-state index is -1.30. The Kier molecular flexibility index (Phi) is 8.71. The number of halogens is 4. The SMILES string of the molecule is CC(C)[C@H](N)C(=O)OCC(=O)Nc1ccc2c(-c3ccc(F)cc3F)nc(N(C(N)=O)c3c(F)cccc3F)cc2c1. The molecule has 0 aliphatic carbocycles. The Bertz CT molecular complexity index is 1680. The van der Waals surface area contributed by atoms with E-state index in [1.165, 1.54) is 24.3 Å². The van der Waals surface area contributed by atoms with Gasteiger partial charge in [-0.1, -0.05) is 26.0 Å². The summed E-state index contributed by atoms with van der Waals surface area (Å²) in [6.07, 6.45) is 0. The second-order valence-electron chi connectivity index (χ2n) is 9.56. The number of anilines is 3. The quantitative estimate of drug-likeness (QED) is 0.194. The highest BCUT2D eigenvalue weighted by Crippen LogP contribution is 2.37. The van der Waals surface area contributed by atoms with E-state index in [1.807, 2.05) is 0 Å². The number of para-hydroxylation sites is 1. The molecule has 0 bridgehead atoms. The maximum Gasteiger partial charge on any atom is 0.325 e. The summed E-state index contributed by atoms with van der Waals surface area (Å²) < 4.78 is 63.0. The highest BCUT2D eigenvalue weighted by molar-refractivity contribution is 6.04. The number of urea groups is 1. The van der Waals surface area contributed by atoms with Gasteiger partial charge in [0.2, 0.25) is 0 Å². The molecule has 4 aromatic rings. The van der Waals surface area contributed by atoms with E-state index in [0.717, 1.165) is 30.3 Å². The van der Waals surface area contributed by atoms with E-state index in [1.54, 1.807) is 13.8 Å². The molecular weight excluding hydrogens is 558 g/mol. The third-order valence-corrected chi connectivity index (χ3v) is 6.23. The fourth-order valence-electron chi connectivity index (χ4n) is 4.07. The van der Waals surface area contributed by atoms with Gasteiger partial charge in [-0.05, 0) is 53.8 Å². The number of primary amides is 1. The molecule has 218 valence electrons. The lowest BCUT2D eigenvalue weighted by atomic mass is 10.0. The van der Waals surface area contributed by atoms with Gasteiger partial charge in [-0.25, -0.2) is 32.2 Å². The van der Waals surface area contributed by atoms with Crippen molar-refractivity contribution in [1.29, 1.82) is 0 Å². The predicted octanol–water partition coefficient (Wildman–Crippen LogP) is 5.14. The van der Waals surface area contributed by atoms with E-state index in [9.17, 15) is 31.9 Å². The number of fused-ring (bicyclic) bond motifs is 1. The largest absolute Gasteiger partial charge is 0.454 e. The van der Waals surface area contributed by atoms with Crippen molar-refractivity contribution in [3.05, 3.63) is 83.9 Å². The molecule has 3 aromatic carbocycles. The van der Waals surface area contributed by atoms with E-state index < -0.39 is 65.3 Å². The number of esters is 1. The smallest absolute Gasteiger partial charge is 0.325 e. The average Bonchev–Trinajstić information content (AvgIpc) is 2.92. The standard InChI is InChI=1S/C29H25F4N5O4/c1-14(2)25(34)28(40)42-13-24(39)36-17-7-9-18-15(10-17)11-23(37-26(18)19-8-6-16(30)12-22(19)33)38(29(35)41)27-20(31)4-3-5-21(27)32/h3-12,14,25H,13,34H2,1-2H3,(H2,35,41)(H,36,39)/t25-/m0/s1. The monoisotopic (exact) mass is 583 g/mol. The van der Waals surface area contributed by atoms with Gasteiger partial charge in [0.1, 0.15) is 40.8 Å². The van der Waals surface area contributed by atoms with Gasteiger partial charge >= 0.3 is 12.0 Å². The predicted molar refractivity (Wildman–Crippen MR) is 148 cm³/mol. The van der Waals surface area contributed by atoms with Gasteiger partial charge in [-0.15, -0.1) is 0 Å². The molecule has 1 aromatic heterocycles. The van der Waals surface area contributed by atoms with Crippen LogP contribution in [0.4, 0.5) is 39.5 Å². The molecule has 0 aliphatic rings. The van der Waals surface area contributed by atoms with E-state index in [2.05, 4.69) is 10.3 Å². The second kappa shape index (κ2) is 12.2. The molecule has 0 fully saturated rings. The van der Waals surface area contributed by atoms with E-state index in [4.69, 9.17) is 16.2 Å². The van der Waals surface area contributed by atoms with Crippen LogP contribution in [0.25, 0.3) is 22.0 Å². The molecule has 0 spiro atoms. The van der Waals surface area contributed by atoms with Crippen LogP contribution in [0.3, 0.4) is 0 Å². The molecule has 0 saturated heterocycles. The fraction of sp³-hybridized carbons (Fsp3) is 0.172. The summed E-state index contributed by atoms with van der Waals surface area (Å²) in [4.78, 5) is 41.7. The van der Waals surface area contributed by atoms with Gasteiger partial charge in [-0.3, -0.25) is 9.59 Å². The van der Waals surface area contributed by atoms with Crippen molar-refractivity contribution in [1.82, 2.24) is 4.98 Å². The number of amides is 3. The number of ether oxygens (including phenoxy) is 1.